The van der Waals surface area contributed by atoms with E-state index >= 15 is 0 Å². The summed E-state index contributed by atoms with van der Waals surface area (Å²) in [7, 11) is -3.69. The summed E-state index contributed by atoms with van der Waals surface area (Å²) in [4.78, 5) is 3.15. The van der Waals surface area contributed by atoms with Crippen LogP contribution in [0.1, 0.15) is 12.8 Å². The van der Waals surface area contributed by atoms with Crippen molar-refractivity contribution in [2.24, 2.45) is 5.92 Å². The third-order valence-corrected chi connectivity index (χ3v) is 5.60. The highest BCUT2D eigenvalue weighted by Gasteiger charge is 2.24. The Morgan fingerprint density at radius 2 is 2.22 bits per heavy atom. The van der Waals surface area contributed by atoms with Crippen molar-refractivity contribution < 1.29 is 8.42 Å². The smallest absolute Gasteiger partial charge is 0.265 e. The molecule has 120 valence electrons. The summed E-state index contributed by atoms with van der Waals surface area (Å²) in [6.07, 6.45) is 6.97. The molecule has 0 atom stereocenters. The first-order valence-electron chi connectivity index (χ1n) is 7.34. The van der Waals surface area contributed by atoms with Crippen LogP contribution in [0.3, 0.4) is 0 Å². The van der Waals surface area contributed by atoms with E-state index in [0.29, 0.717) is 22.1 Å². The van der Waals surface area contributed by atoms with Crippen molar-refractivity contribution in [2.45, 2.75) is 24.3 Å². The van der Waals surface area contributed by atoms with Gasteiger partial charge in [-0.25, -0.2) is 8.42 Å². The standard InChI is InChI=1S/C15H15ClN4O2S/c16-13-7-17-15-12(13)2-1-3-14(15)19-23(21,22)11-6-18-20(9-11)8-10-4-5-10/h1-3,6-7,9-10,17,19H,4-5,8H2. The molecule has 1 aliphatic rings. The van der Waals surface area contributed by atoms with Gasteiger partial charge in [0, 0.05) is 24.3 Å². The number of benzene rings is 1. The molecule has 0 spiro atoms. The van der Waals surface area contributed by atoms with E-state index in [1.54, 1.807) is 29.2 Å². The first kappa shape index (κ1) is 14.6. The third-order valence-electron chi connectivity index (χ3n) is 3.97. The van der Waals surface area contributed by atoms with Crippen molar-refractivity contribution in [1.82, 2.24) is 14.8 Å². The van der Waals surface area contributed by atoms with Gasteiger partial charge in [-0.3, -0.25) is 9.40 Å². The molecular formula is C15H15ClN4O2S. The predicted octanol–water partition coefficient (Wildman–Crippen LogP) is 3.23. The predicted molar refractivity (Wildman–Crippen MR) is 89.1 cm³/mol. The Hall–Kier alpha value is -1.99. The number of aromatic amines is 1. The zero-order chi connectivity index (χ0) is 16.0. The maximum absolute atomic E-state index is 12.6. The quantitative estimate of drug-likeness (QED) is 0.741. The summed E-state index contributed by atoms with van der Waals surface area (Å²) in [5.41, 5.74) is 1.12. The number of fused-ring (bicyclic) bond motifs is 1. The molecule has 1 saturated carbocycles. The minimum Gasteiger partial charge on any atom is -0.358 e. The summed E-state index contributed by atoms with van der Waals surface area (Å²) in [6, 6.07) is 5.29. The lowest BCUT2D eigenvalue weighted by atomic mass is 10.2. The number of sulfonamides is 1. The summed E-state index contributed by atoms with van der Waals surface area (Å²) in [5, 5.41) is 5.47. The molecule has 1 aliphatic carbocycles. The van der Waals surface area contributed by atoms with Gasteiger partial charge in [-0.1, -0.05) is 23.7 Å². The fraction of sp³-hybridized carbons (Fsp3) is 0.267. The molecule has 0 unspecified atom stereocenters. The zero-order valence-electron chi connectivity index (χ0n) is 12.2. The molecule has 0 radical (unpaired) electrons. The van der Waals surface area contributed by atoms with Crippen LogP contribution in [-0.2, 0) is 16.6 Å². The Bertz CT molecular complexity index is 972. The van der Waals surface area contributed by atoms with Gasteiger partial charge >= 0.3 is 0 Å². The van der Waals surface area contributed by atoms with Crippen molar-refractivity contribution in [1.29, 1.82) is 0 Å². The van der Waals surface area contributed by atoms with Gasteiger partial charge in [0.15, 0.2) is 0 Å². The van der Waals surface area contributed by atoms with Crippen molar-refractivity contribution in [3.63, 3.8) is 0 Å². The van der Waals surface area contributed by atoms with Crippen molar-refractivity contribution in [2.75, 3.05) is 4.72 Å². The number of aromatic nitrogens is 3. The van der Waals surface area contributed by atoms with Crippen LogP contribution in [0.5, 0.6) is 0 Å². The number of hydrogen-bond acceptors (Lipinski definition) is 3. The average molecular weight is 351 g/mol. The van der Waals surface area contributed by atoms with E-state index in [2.05, 4.69) is 14.8 Å². The Kier molecular flexibility index (Phi) is 3.35. The van der Waals surface area contributed by atoms with Crippen LogP contribution < -0.4 is 4.72 Å². The number of rotatable bonds is 5. The molecule has 0 saturated heterocycles. The molecule has 3 aromatic rings. The fourth-order valence-electron chi connectivity index (χ4n) is 2.56. The van der Waals surface area contributed by atoms with Crippen LogP contribution in [-0.4, -0.2) is 23.2 Å². The average Bonchev–Trinajstić information content (AvgIpc) is 3.04. The van der Waals surface area contributed by atoms with Crippen molar-refractivity contribution in [3.05, 3.63) is 41.8 Å². The molecule has 2 heterocycles. The van der Waals surface area contributed by atoms with Gasteiger partial charge in [0.05, 0.1) is 22.4 Å². The first-order chi connectivity index (χ1) is 11.0. The fourth-order valence-corrected chi connectivity index (χ4v) is 3.79. The summed E-state index contributed by atoms with van der Waals surface area (Å²) in [6.45, 7) is 0.775. The third kappa shape index (κ3) is 2.82. The summed E-state index contributed by atoms with van der Waals surface area (Å²) >= 11 is 6.07. The number of halogens is 1. The number of anilines is 1. The van der Waals surface area contributed by atoms with E-state index < -0.39 is 10.0 Å². The van der Waals surface area contributed by atoms with E-state index in [1.165, 1.54) is 19.0 Å². The molecule has 1 aromatic carbocycles. The lowest BCUT2D eigenvalue weighted by molar-refractivity contribution is 0.561. The van der Waals surface area contributed by atoms with Gasteiger partial charge in [-0.2, -0.15) is 5.10 Å². The SMILES string of the molecule is O=S(=O)(Nc1cccc2c(Cl)c[nH]c12)c1cnn(CC2CC2)c1. The highest BCUT2D eigenvalue weighted by molar-refractivity contribution is 7.92. The number of hydrogen-bond donors (Lipinski definition) is 2. The highest BCUT2D eigenvalue weighted by atomic mass is 35.5. The Morgan fingerprint density at radius 1 is 1.39 bits per heavy atom. The maximum atomic E-state index is 12.6. The number of nitrogens with one attached hydrogen (secondary N) is 2. The molecular weight excluding hydrogens is 336 g/mol. The van der Waals surface area contributed by atoms with Gasteiger partial charge < -0.3 is 4.98 Å². The number of para-hydroxylation sites is 1. The second kappa shape index (κ2) is 5.28. The highest BCUT2D eigenvalue weighted by Crippen LogP contribution is 2.31. The van der Waals surface area contributed by atoms with Gasteiger partial charge in [-0.05, 0) is 24.8 Å². The van der Waals surface area contributed by atoms with Crippen LogP contribution in [0.25, 0.3) is 10.9 Å². The minimum atomic E-state index is -3.69. The largest absolute Gasteiger partial charge is 0.358 e. The maximum Gasteiger partial charge on any atom is 0.265 e. The Balaban J connectivity index is 1.64. The van der Waals surface area contributed by atoms with Crippen LogP contribution in [0.15, 0.2) is 41.7 Å². The number of H-pyrrole nitrogens is 1. The molecule has 0 aliphatic heterocycles. The van der Waals surface area contributed by atoms with Gasteiger partial charge in [-0.15, -0.1) is 0 Å². The van der Waals surface area contributed by atoms with Gasteiger partial charge in [0.1, 0.15) is 4.90 Å². The van der Waals surface area contributed by atoms with E-state index in [9.17, 15) is 8.42 Å². The van der Waals surface area contributed by atoms with E-state index in [-0.39, 0.29) is 4.90 Å². The lowest BCUT2D eigenvalue weighted by Gasteiger charge is -2.07. The minimum absolute atomic E-state index is 0.160. The second-order valence-electron chi connectivity index (χ2n) is 5.81. The van der Waals surface area contributed by atoms with E-state index in [0.717, 1.165) is 11.9 Å². The normalized spacial score (nSPS) is 15.2. The molecule has 4 rings (SSSR count). The monoisotopic (exact) mass is 350 g/mol. The molecule has 2 N–H and O–H groups in total. The molecule has 1 fully saturated rings. The summed E-state index contributed by atoms with van der Waals surface area (Å²) < 4.78 is 29.4. The second-order valence-corrected chi connectivity index (χ2v) is 7.90. The molecule has 6 nitrogen and oxygen atoms in total. The first-order valence-corrected chi connectivity index (χ1v) is 9.20. The van der Waals surface area contributed by atoms with E-state index in [4.69, 9.17) is 11.6 Å². The lowest BCUT2D eigenvalue weighted by Crippen LogP contribution is -2.12. The zero-order valence-corrected chi connectivity index (χ0v) is 13.7. The van der Waals surface area contributed by atoms with E-state index in [1.807, 2.05) is 6.07 Å². The molecule has 8 heteroatoms. The van der Waals surface area contributed by atoms with Gasteiger partial charge in [0.2, 0.25) is 0 Å². The van der Waals surface area contributed by atoms with Crippen molar-refractivity contribution in [3.8, 4) is 0 Å². The van der Waals surface area contributed by atoms with Gasteiger partial charge in [0.25, 0.3) is 10.0 Å². The molecule has 23 heavy (non-hydrogen) atoms. The summed E-state index contributed by atoms with van der Waals surface area (Å²) in [5.74, 6) is 0.633. The van der Waals surface area contributed by atoms with Crippen molar-refractivity contribution >= 4 is 38.2 Å². The molecule has 0 amide bonds. The Labute approximate surface area is 138 Å². The van der Waals surface area contributed by atoms with Crippen LogP contribution >= 0.6 is 11.6 Å². The molecule has 0 bridgehead atoms. The molecule has 2 aromatic heterocycles. The number of nitrogens with zero attached hydrogens (tertiary/aromatic N) is 2. The van der Waals surface area contributed by atoms with Crippen LogP contribution in [0.2, 0.25) is 5.02 Å². The van der Waals surface area contributed by atoms with Crippen LogP contribution in [0, 0.1) is 5.92 Å². The Morgan fingerprint density at radius 3 is 3.00 bits per heavy atom. The topological polar surface area (TPSA) is 79.8 Å². The van der Waals surface area contributed by atoms with Crippen LogP contribution in [0.4, 0.5) is 5.69 Å².